The van der Waals surface area contributed by atoms with Crippen LogP contribution in [-0.4, -0.2) is 34.3 Å². The molecule has 4 heterocycles. The van der Waals surface area contributed by atoms with Crippen LogP contribution in [0.1, 0.15) is 28.2 Å². The highest BCUT2D eigenvalue weighted by Crippen LogP contribution is 2.22. The van der Waals surface area contributed by atoms with Gasteiger partial charge in [-0.25, -0.2) is 19.9 Å². The van der Waals surface area contributed by atoms with Crippen molar-refractivity contribution in [3.05, 3.63) is 65.0 Å². The zero-order chi connectivity index (χ0) is 22.4. The van der Waals surface area contributed by atoms with Gasteiger partial charge in [-0.3, -0.25) is 4.68 Å². The van der Waals surface area contributed by atoms with Crippen LogP contribution in [0.3, 0.4) is 0 Å². The quantitative estimate of drug-likeness (QED) is 0.443. The molecule has 0 saturated heterocycles. The smallest absolute Gasteiger partial charge is 0.186 e. The van der Waals surface area contributed by atoms with Crippen LogP contribution in [0, 0.1) is 20.8 Å². The van der Waals surface area contributed by atoms with Crippen LogP contribution in [-0.2, 0) is 20.1 Å². The lowest BCUT2D eigenvalue weighted by atomic mass is 10.1. The molecule has 0 saturated carbocycles. The van der Waals surface area contributed by atoms with Gasteiger partial charge in [0.25, 0.3) is 0 Å². The van der Waals surface area contributed by atoms with Crippen molar-refractivity contribution in [1.29, 1.82) is 0 Å². The van der Waals surface area contributed by atoms with Gasteiger partial charge in [0.2, 0.25) is 0 Å². The Morgan fingerprint density at radius 3 is 2.72 bits per heavy atom. The second-order valence-corrected chi connectivity index (χ2v) is 8.11. The van der Waals surface area contributed by atoms with E-state index in [-0.39, 0.29) is 0 Å². The van der Waals surface area contributed by atoms with Crippen LogP contribution in [0.25, 0.3) is 22.1 Å². The van der Waals surface area contributed by atoms with Gasteiger partial charge in [0, 0.05) is 25.5 Å². The Morgan fingerprint density at radius 2 is 1.91 bits per heavy atom. The SMILES string of the molecule is Cc1cc(N)nc(C)c1CNc1ncnc2nn(Cc3ccc4nc(C)n(C)c4c3)cc12. The van der Waals surface area contributed by atoms with Crippen molar-refractivity contribution >= 4 is 33.7 Å². The number of aryl methyl sites for hydroxylation is 4. The fraction of sp³-hybridized carbons (Fsp3) is 0.261. The Hall–Kier alpha value is -4.01. The van der Waals surface area contributed by atoms with Crippen LogP contribution in [0.5, 0.6) is 0 Å². The van der Waals surface area contributed by atoms with E-state index in [0.29, 0.717) is 24.6 Å². The summed E-state index contributed by atoms with van der Waals surface area (Å²) in [5.41, 5.74) is 12.9. The number of benzene rings is 1. The normalized spacial score (nSPS) is 11.5. The highest BCUT2D eigenvalue weighted by atomic mass is 15.3. The molecule has 9 nitrogen and oxygen atoms in total. The molecule has 5 rings (SSSR count). The number of nitrogens with two attached hydrogens (primary N) is 1. The maximum Gasteiger partial charge on any atom is 0.186 e. The lowest BCUT2D eigenvalue weighted by Gasteiger charge is -2.12. The summed E-state index contributed by atoms with van der Waals surface area (Å²) in [6.45, 7) is 7.25. The molecule has 0 radical (unpaired) electrons. The van der Waals surface area contributed by atoms with Gasteiger partial charge in [0.15, 0.2) is 5.65 Å². The van der Waals surface area contributed by atoms with E-state index in [9.17, 15) is 0 Å². The molecular weight excluding hydrogens is 402 g/mol. The van der Waals surface area contributed by atoms with E-state index in [1.807, 2.05) is 44.8 Å². The Bertz CT molecular complexity index is 1440. The van der Waals surface area contributed by atoms with Crippen LogP contribution in [0.15, 0.2) is 36.8 Å². The number of hydrogen-bond acceptors (Lipinski definition) is 7. The van der Waals surface area contributed by atoms with Crippen molar-refractivity contribution in [1.82, 2.24) is 34.3 Å². The number of aromatic nitrogens is 7. The number of hydrogen-bond donors (Lipinski definition) is 2. The maximum atomic E-state index is 5.85. The van der Waals surface area contributed by atoms with Crippen molar-refractivity contribution < 1.29 is 0 Å². The molecule has 1 aromatic carbocycles. The third kappa shape index (κ3) is 3.51. The highest BCUT2D eigenvalue weighted by molar-refractivity contribution is 5.85. The first-order chi connectivity index (χ1) is 15.4. The summed E-state index contributed by atoms with van der Waals surface area (Å²) in [7, 11) is 2.03. The monoisotopic (exact) mass is 427 g/mol. The molecular formula is C23H25N9. The van der Waals surface area contributed by atoms with E-state index in [2.05, 4.69) is 53.1 Å². The van der Waals surface area contributed by atoms with Crippen molar-refractivity contribution in [3.8, 4) is 0 Å². The summed E-state index contributed by atoms with van der Waals surface area (Å²) in [6.07, 6.45) is 3.52. The first-order valence-electron chi connectivity index (χ1n) is 10.5. The zero-order valence-electron chi connectivity index (χ0n) is 18.6. The molecule has 5 aromatic rings. The summed E-state index contributed by atoms with van der Waals surface area (Å²) in [5, 5.41) is 8.95. The fourth-order valence-corrected chi connectivity index (χ4v) is 4.07. The number of nitrogens with zero attached hydrogens (tertiary/aromatic N) is 7. The Balaban J connectivity index is 1.42. The lowest BCUT2D eigenvalue weighted by molar-refractivity contribution is 0.693. The Labute approximate surface area is 185 Å². The van der Waals surface area contributed by atoms with Crippen molar-refractivity contribution in [3.63, 3.8) is 0 Å². The summed E-state index contributed by atoms with van der Waals surface area (Å²) < 4.78 is 4.00. The van der Waals surface area contributed by atoms with E-state index in [1.54, 1.807) is 0 Å². The largest absolute Gasteiger partial charge is 0.384 e. The molecule has 0 aliphatic heterocycles. The molecule has 0 aliphatic carbocycles. The second-order valence-electron chi connectivity index (χ2n) is 8.11. The average Bonchev–Trinajstić information content (AvgIpc) is 3.28. The van der Waals surface area contributed by atoms with E-state index < -0.39 is 0 Å². The van der Waals surface area contributed by atoms with Crippen LogP contribution in [0.4, 0.5) is 11.6 Å². The minimum atomic E-state index is 0.536. The van der Waals surface area contributed by atoms with Crippen LogP contribution >= 0.6 is 0 Å². The Morgan fingerprint density at radius 1 is 1.06 bits per heavy atom. The van der Waals surface area contributed by atoms with Gasteiger partial charge in [-0.15, -0.1) is 0 Å². The molecule has 0 aliphatic rings. The number of anilines is 2. The summed E-state index contributed by atoms with van der Waals surface area (Å²) in [5.74, 6) is 2.28. The number of imidazole rings is 1. The third-order valence-electron chi connectivity index (χ3n) is 5.88. The first kappa shape index (κ1) is 19.9. The van der Waals surface area contributed by atoms with Crippen molar-refractivity contribution in [2.24, 2.45) is 7.05 Å². The molecule has 0 bridgehead atoms. The minimum absolute atomic E-state index is 0.536. The molecule has 4 aromatic heterocycles. The number of nitrogens with one attached hydrogen (secondary N) is 1. The second kappa shape index (κ2) is 7.60. The van der Waals surface area contributed by atoms with Crippen LogP contribution < -0.4 is 11.1 Å². The van der Waals surface area contributed by atoms with Gasteiger partial charge in [0.1, 0.15) is 23.8 Å². The first-order valence-corrected chi connectivity index (χ1v) is 10.5. The van der Waals surface area contributed by atoms with Gasteiger partial charge in [-0.05, 0) is 55.7 Å². The predicted octanol–water partition coefficient (Wildman–Crippen LogP) is 3.28. The number of pyridine rings is 1. The molecule has 0 fully saturated rings. The summed E-state index contributed by atoms with van der Waals surface area (Å²) in [4.78, 5) is 17.7. The summed E-state index contributed by atoms with van der Waals surface area (Å²) in [6, 6.07) is 8.19. The van der Waals surface area contributed by atoms with E-state index in [0.717, 1.165) is 50.4 Å². The maximum absolute atomic E-state index is 5.85. The summed E-state index contributed by atoms with van der Waals surface area (Å²) >= 11 is 0. The van der Waals surface area contributed by atoms with Gasteiger partial charge < -0.3 is 15.6 Å². The number of fused-ring (bicyclic) bond motifs is 2. The molecule has 9 heteroatoms. The van der Waals surface area contributed by atoms with Crippen LogP contribution in [0.2, 0.25) is 0 Å². The minimum Gasteiger partial charge on any atom is -0.384 e. The average molecular weight is 428 g/mol. The van der Waals surface area contributed by atoms with Gasteiger partial charge in [0.05, 0.1) is 23.0 Å². The molecule has 0 spiro atoms. The molecule has 0 amide bonds. The van der Waals surface area contributed by atoms with Gasteiger partial charge in [-0.2, -0.15) is 5.10 Å². The van der Waals surface area contributed by atoms with E-state index in [1.165, 1.54) is 6.33 Å². The number of nitrogen functional groups attached to an aromatic ring is 1. The number of rotatable bonds is 5. The van der Waals surface area contributed by atoms with Gasteiger partial charge in [-0.1, -0.05) is 6.07 Å². The molecule has 162 valence electrons. The Kier molecular flexibility index (Phi) is 4.73. The molecule has 0 unspecified atom stereocenters. The standard InChI is InChI=1S/C23H25N9/c1-13-7-21(24)28-14(2)17(13)9-25-22-18-11-32(30-23(18)27-12-26-22)10-16-5-6-19-20(8-16)31(4)15(3)29-19/h5-8,11-12H,9-10H2,1-4H3,(H2,24,28)(H,25,26,27,30). The third-order valence-corrected chi connectivity index (χ3v) is 5.88. The van der Waals surface area contributed by atoms with E-state index >= 15 is 0 Å². The molecule has 0 atom stereocenters. The highest BCUT2D eigenvalue weighted by Gasteiger charge is 2.12. The van der Waals surface area contributed by atoms with Crippen molar-refractivity contribution in [2.75, 3.05) is 11.1 Å². The molecule has 32 heavy (non-hydrogen) atoms. The predicted molar refractivity (Wildman–Crippen MR) is 125 cm³/mol. The van der Waals surface area contributed by atoms with E-state index in [4.69, 9.17) is 5.73 Å². The molecule has 3 N–H and O–H groups in total. The van der Waals surface area contributed by atoms with Crippen molar-refractivity contribution in [2.45, 2.75) is 33.9 Å². The lowest BCUT2D eigenvalue weighted by Crippen LogP contribution is -2.08. The fourth-order valence-electron chi connectivity index (χ4n) is 4.07. The topological polar surface area (TPSA) is 112 Å². The van der Waals surface area contributed by atoms with Gasteiger partial charge >= 0.3 is 0 Å². The zero-order valence-corrected chi connectivity index (χ0v) is 18.6.